The lowest BCUT2D eigenvalue weighted by Crippen LogP contribution is -2.26. The number of furan rings is 1. The molecule has 0 aliphatic rings. The quantitative estimate of drug-likeness (QED) is 0.429. The maximum Gasteiger partial charge on any atom is 0.262 e. The number of hydrogen-bond acceptors (Lipinski definition) is 3. The van der Waals surface area contributed by atoms with E-state index in [0.29, 0.717) is 40.1 Å². The van der Waals surface area contributed by atoms with Crippen LogP contribution in [0.5, 0.6) is 0 Å². The van der Waals surface area contributed by atoms with Crippen molar-refractivity contribution in [1.82, 2.24) is 5.32 Å². The molecule has 1 heterocycles. The van der Waals surface area contributed by atoms with Gasteiger partial charge >= 0.3 is 0 Å². The third-order valence-corrected chi connectivity index (χ3v) is 4.86. The average Bonchev–Trinajstić information content (AvgIpc) is 3.17. The predicted molar refractivity (Wildman–Crippen MR) is 111 cm³/mol. The minimum absolute atomic E-state index is 0.0360. The SMILES string of the molecule is N#C/C(=C\c1ccc(-c2cccc(Cl)c2Cl)o1)C(=O)NCCc1ccccc1. The third-order valence-electron chi connectivity index (χ3n) is 4.04. The summed E-state index contributed by atoms with van der Waals surface area (Å²) in [5.41, 5.74) is 1.71. The van der Waals surface area contributed by atoms with Crippen molar-refractivity contribution in [2.75, 3.05) is 6.54 Å². The minimum atomic E-state index is -0.447. The molecule has 0 spiro atoms. The highest BCUT2D eigenvalue weighted by Gasteiger charge is 2.13. The molecule has 2 aromatic carbocycles. The molecular weight excluding hydrogens is 395 g/mol. The summed E-state index contributed by atoms with van der Waals surface area (Å²) in [5, 5.41) is 12.9. The van der Waals surface area contributed by atoms with Crippen LogP contribution in [0, 0.1) is 11.3 Å². The Hall–Kier alpha value is -3.00. The summed E-state index contributed by atoms with van der Waals surface area (Å²) in [6.07, 6.45) is 2.09. The van der Waals surface area contributed by atoms with E-state index in [2.05, 4.69) is 5.32 Å². The molecule has 0 saturated carbocycles. The van der Waals surface area contributed by atoms with Gasteiger partial charge < -0.3 is 9.73 Å². The van der Waals surface area contributed by atoms with Crippen LogP contribution in [0.25, 0.3) is 17.4 Å². The fourth-order valence-corrected chi connectivity index (χ4v) is 3.01. The number of nitriles is 1. The maximum atomic E-state index is 12.3. The van der Waals surface area contributed by atoms with Gasteiger partial charge in [-0.25, -0.2) is 0 Å². The van der Waals surface area contributed by atoms with E-state index < -0.39 is 5.91 Å². The summed E-state index contributed by atoms with van der Waals surface area (Å²) in [6.45, 7) is 0.434. The summed E-state index contributed by atoms with van der Waals surface area (Å²) in [5.74, 6) is 0.429. The first-order chi connectivity index (χ1) is 13.6. The zero-order valence-electron chi connectivity index (χ0n) is 14.8. The van der Waals surface area contributed by atoms with Gasteiger partial charge in [0.2, 0.25) is 0 Å². The summed E-state index contributed by atoms with van der Waals surface area (Å²) >= 11 is 12.2. The highest BCUT2D eigenvalue weighted by atomic mass is 35.5. The first kappa shape index (κ1) is 19.8. The van der Waals surface area contributed by atoms with Crippen molar-refractivity contribution in [3.8, 4) is 17.4 Å². The van der Waals surface area contributed by atoms with Gasteiger partial charge in [-0.05, 0) is 36.2 Å². The van der Waals surface area contributed by atoms with Gasteiger partial charge in [0.1, 0.15) is 23.2 Å². The molecule has 0 radical (unpaired) electrons. The smallest absolute Gasteiger partial charge is 0.262 e. The summed E-state index contributed by atoms with van der Waals surface area (Å²) < 4.78 is 5.71. The monoisotopic (exact) mass is 410 g/mol. The molecule has 1 amide bonds. The fraction of sp³-hybridized carbons (Fsp3) is 0.0909. The second-order valence-electron chi connectivity index (χ2n) is 5.96. The number of hydrogen-bond donors (Lipinski definition) is 1. The van der Waals surface area contributed by atoms with Gasteiger partial charge in [0.15, 0.2) is 0 Å². The molecule has 0 fully saturated rings. The Bertz CT molecular complexity index is 1050. The van der Waals surface area contributed by atoms with Gasteiger partial charge in [0.05, 0.1) is 10.0 Å². The molecule has 28 heavy (non-hydrogen) atoms. The molecule has 4 nitrogen and oxygen atoms in total. The van der Waals surface area contributed by atoms with Crippen molar-refractivity contribution < 1.29 is 9.21 Å². The van der Waals surface area contributed by atoms with Gasteiger partial charge in [0.25, 0.3) is 5.91 Å². The normalized spacial score (nSPS) is 11.1. The number of carbonyl (C=O) groups excluding carboxylic acids is 1. The Labute approximate surface area is 173 Å². The third kappa shape index (κ3) is 4.83. The molecule has 0 saturated heterocycles. The van der Waals surface area contributed by atoms with Crippen molar-refractivity contribution in [3.63, 3.8) is 0 Å². The first-order valence-electron chi connectivity index (χ1n) is 8.56. The number of benzene rings is 2. The Balaban J connectivity index is 1.69. The zero-order chi connectivity index (χ0) is 19.9. The van der Waals surface area contributed by atoms with E-state index in [1.165, 1.54) is 6.08 Å². The predicted octanol–water partition coefficient (Wildman–Crippen LogP) is 5.52. The van der Waals surface area contributed by atoms with Crippen LogP contribution in [-0.2, 0) is 11.2 Å². The van der Waals surface area contributed by atoms with E-state index in [4.69, 9.17) is 27.6 Å². The number of nitrogens with zero attached hydrogens (tertiary/aromatic N) is 1. The molecule has 0 bridgehead atoms. The summed E-state index contributed by atoms with van der Waals surface area (Å²) in [6, 6.07) is 20.3. The van der Waals surface area contributed by atoms with E-state index >= 15 is 0 Å². The molecule has 1 aromatic heterocycles. The zero-order valence-corrected chi connectivity index (χ0v) is 16.3. The van der Waals surface area contributed by atoms with E-state index in [1.807, 2.05) is 36.4 Å². The lowest BCUT2D eigenvalue weighted by molar-refractivity contribution is -0.117. The molecule has 6 heteroatoms. The maximum absolute atomic E-state index is 12.3. The molecule has 140 valence electrons. The number of carbonyl (C=O) groups is 1. The van der Waals surface area contributed by atoms with Crippen LogP contribution in [-0.4, -0.2) is 12.5 Å². The van der Waals surface area contributed by atoms with Gasteiger partial charge in [-0.3, -0.25) is 4.79 Å². The summed E-state index contributed by atoms with van der Waals surface area (Å²) in [4.78, 5) is 12.3. The Kier molecular flexibility index (Phi) is 6.54. The highest BCUT2D eigenvalue weighted by Crippen LogP contribution is 2.34. The van der Waals surface area contributed by atoms with Crippen molar-refractivity contribution >= 4 is 35.2 Å². The van der Waals surface area contributed by atoms with Crippen molar-refractivity contribution in [3.05, 3.63) is 87.6 Å². The van der Waals surface area contributed by atoms with Gasteiger partial charge in [-0.15, -0.1) is 0 Å². The van der Waals surface area contributed by atoms with Gasteiger partial charge in [-0.1, -0.05) is 59.6 Å². The van der Waals surface area contributed by atoms with Crippen molar-refractivity contribution in [2.24, 2.45) is 0 Å². The number of nitrogens with one attached hydrogen (secondary N) is 1. The van der Waals surface area contributed by atoms with E-state index in [1.54, 1.807) is 30.3 Å². The first-order valence-corrected chi connectivity index (χ1v) is 9.32. The summed E-state index contributed by atoms with van der Waals surface area (Å²) in [7, 11) is 0. The van der Waals surface area contributed by atoms with Crippen LogP contribution < -0.4 is 5.32 Å². The van der Waals surface area contributed by atoms with Crippen LogP contribution in [0.15, 0.2) is 70.7 Å². The molecule has 3 rings (SSSR count). The van der Waals surface area contributed by atoms with Crippen LogP contribution in [0.4, 0.5) is 0 Å². The lowest BCUT2D eigenvalue weighted by atomic mass is 10.1. The lowest BCUT2D eigenvalue weighted by Gasteiger charge is -2.04. The van der Waals surface area contributed by atoms with E-state index in [0.717, 1.165) is 5.56 Å². The fourth-order valence-electron chi connectivity index (χ4n) is 2.62. The van der Waals surface area contributed by atoms with E-state index in [9.17, 15) is 10.1 Å². The van der Waals surface area contributed by atoms with Crippen molar-refractivity contribution in [2.45, 2.75) is 6.42 Å². The Morgan fingerprint density at radius 3 is 2.61 bits per heavy atom. The Morgan fingerprint density at radius 1 is 1.07 bits per heavy atom. The van der Waals surface area contributed by atoms with Crippen LogP contribution >= 0.6 is 23.2 Å². The second-order valence-corrected chi connectivity index (χ2v) is 6.75. The molecule has 0 atom stereocenters. The highest BCUT2D eigenvalue weighted by molar-refractivity contribution is 6.43. The van der Waals surface area contributed by atoms with Crippen LogP contribution in [0.2, 0.25) is 10.0 Å². The molecule has 3 aromatic rings. The second kappa shape index (κ2) is 9.27. The molecule has 0 aliphatic heterocycles. The molecule has 1 N–H and O–H groups in total. The van der Waals surface area contributed by atoms with Gasteiger partial charge in [-0.2, -0.15) is 5.26 Å². The largest absolute Gasteiger partial charge is 0.457 e. The van der Waals surface area contributed by atoms with Crippen LogP contribution in [0.1, 0.15) is 11.3 Å². The number of halogens is 2. The topological polar surface area (TPSA) is 66.0 Å². The minimum Gasteiger partial charge on any atom is -0.457 e. The van der Waals surface area contributed by atoms with Crippen molar-refractivity contribution in [1.29, 1.82) is 5.26 Å². The molecular formula is C22H16Cl2N2O2. The van der Waals surface area contributed by atoms with E-state index in [-0.39, 0.29) is 5.57 Å². The molecule has 0 unspecified atom stereocenters. The molecule has 0 aliphatic carbocycles. The average molecular weight is 411 g/mol. The standard InChI is InChI=1S/C22H16Cl2N2O2/c23-19-8-4-7-18(21(19)24)20-10-9-17(28-20)13-16(14-25)22(27)26-12-11-15-5-2-1-3-6-15/h1-10,13H,11-12H2,(H,26,27)/b16-13+. The van der Waals surface area contributed by atoms with Gasteiger partial charge in [0, 0.05) is 18.2 Å². The Morgan fingerprint density at radius 2 is 1.86 bits per heavy atom. The van der Waals surface area contributed by atoms with Crippen LogP contribution in [0.3, 0.4) is 0 Å². The number of rotatable bonds is 6. The number of amides is 1.